The summed E-state index contributed by atoms with van der Waals surface area (Å²) in [4.78, 5) is 22.2. The Morgan fingerprint density at radius 3 is 2.48 bits per heavy atom. The average Bonchev–Trinajstić information content (AvgIpc) is 2.43. The molecule has 0 heterocycles. The SMILES string of the molecule is Cc1ccc(OCCCC(=O)NCC(C)(O)C(=O)O)cc1. The molecule has 1 aromatic rings. The van der Waals surface area contributed by atoms with E-state index in [1.54, 1.807) is 0 Å². The first-order valence-electron chi connectivity index (χ1n) is 6.73. The minimum atomic E-state index is -1.95. The van der Waals surface area contributed by atoms with E-state index in [4.69, 9.17) is 9.84 Å². The van der Waals surface area contributed by atoms with E-state index in [1.165, 1.54) is 0 Å². The minimum absolute atomic E-state index is 0.210. The van der Waals surface area contributed by atoms with E-state index >= 15 is 0 Å². The van der Waals surface area contributed by atoms with Crippen LogP contribution in [0.4, 0.5) is 0 Å². The summed E-state index contributed by atoms with van der Waals surface area (Å²) in [6, 6.07) is 7.60. The van der Waals surface area contributed by atoms with Crippen LogP contribution in [0.2, 0.25) is 0 Å². The Labute approximate surface area is 123 Å². The lowest BCUT2D eigenvalue weighted by Gasteiger charge is -2.18. The predicted molar refractivity (Wildman–Crippen MR) is 77.2 cm³/mol. The van der Waals surface area contributed by atoms with Gasteiger partial charge in [0.05, 0.1) is 13.2 Å². The van der Waals surface area contributed by atoms with Crippen LogP contribution >= 0.6 is 0 Å². The van der Waals surface area contributed by atoms with Crippen LogP contribution in [0.5, 0.6) is 5.75 Å². The van der Waals surface area contributed by atoms with Crippen molar-refractivity contribution in [1.29, 1.82) is 0 Å². The van der Waals surface area contributed by atoms with Gasteiger partial charge in [-0.05, 0) is 32.4 Å². The van der Waals surface area contributed by atoms with Crippen LogP contribution in [-0.2, 0) is 9.59 Å². The molecule has 0 spiro atoms. The number of hydrogen-bond acceptors (Lipinski definition) is 4. The molecule has 0 aliphatic heterocycles. The fourth-order valence-electron chi connectivity index (χ4n) is 1.49. The first kappa shape index (κ1) is 17.0. The van der Waals surface area contributed by atoms with Gasteiger partial charge in [-0.3, -0.25) is 4.79 Å². The van der Waals surface area contributed by atoms with Crippen molar-refractivity contribution in [2.24, 2.45) is 0 Å². The summed E-state index contributed by atoms with van der Waals surface area (Å²) in [5, 5.41) is 20.5. The van der Waals surface area contributed by atoms with Gasteiger partial charge in [0.15, 0.2) is 5.60 Å². The van der Waals surface area contributed by atoms with Gasteiger partial charge < -0.3 is 20.3 Å². The Morgan fingerprint density at radius 2 is 1.90 bits per heavy atom. The van der Waals surface area contributed by atoms with Crippen molar-refractivity contribution in [2.75, 3.05) is 13.2 Å². The van der Waals surface area contributed by atoms with Gasteiger partial charge in [0.1, 0.15) is 5.75 Å². The molecule has 1 aromatic carbocycles. The zero-order valence-corrected chi connectivity index (χ0v) is 12.3. The average molecular weight is 295 g/mol. The lowest BCUT2D eigenvalue weighted by molar-refractivity contribution is -0.156. The molecule has 6 heteroatoms. The molecule has 0 saturated heterocycles. The summed E-state index contributed by atoms with van der Waals surface area (Å²) in [6.45, 7) is 3.20. The van der Waals surface area contributed by atoms with E-state index in [1.807, 2.05) is 31.2 Å². The van der Waals surface area contributed by atoms with Gasteiger partial charge in [-0.15, -0.1) is 0 Å². The molecule has 0 saturated carbocycles. The van der Waals surface area contributed by atoms with Crippen molar-refractivity contribution < 1.29 is 24.5 Å². The lowest BCUT2D eigenvalue weighted by Crippen LogP contribution is -2.46. The first-order chi connectivity index (χ1) is 9.81. The van der Waals surface area contributed by atoms with Crippen LogP contribution in [0.1, 0.15) is 25.3 Å². The summed E-state index contributed by atoms with van der Waals surface area (Å²) in [6.07, 6.45) is 0.719. The molecule has 6 nitrogen and oxygen atoms in total. The number of hydrogen-bond donors (Lipinski definition) is 3. The van der Waals surface area contributed by atoms with Crippen molar-refractivity contribution >= 4 is 11.9 Å². The van der Waals surface area contributed by atoms with E-state index in [0.29, 0.717) is 13.0 Å². The Morgan fingerprint density at radius 1 is 1.29 bits per heavy atom. The largest absolute Gasteiger partial charge is 0.494 e. The van der Waals surface area contributed by atoms with E-state index < -0.39 is 11.6 Å². The topological polar surface area (TPSA) is 95.9 Å². The number of ether oxygens (including phenoxy) is 1. The molecule has 1 amide bonds. The molecule has 0 aliphatic rings. The molecule has 1 unspecified atom stereocenters. The third-order valence-corrected chi connectivity index (χ3v) is 2.93. The Kier molecular flexibility index (Phi) is 6.17. The maximum absolute atomic E-state index is 11.5. The predicted octanol–water partition coefficient (Wildman–Crippen LogP) is 1.11. The molecule has 0 bridgehead atoms. The number of aryl methyl sites for hydroxylation is 1. The molecule has 21 heavy (non-hydrogen) atoms. The molecule has 1 atom stereocenters. The molecular formula is C15H21NO5. The normalized spacial score (nSPS) is 13.3. The van der Waals surface area contributed by atoms with Crippen molar-refractivity contribution in [3.8, 4) is 5.75 Å². The number of benzene rings is 1. The third-order valence-electron chi connectivity index (χ3n) is 2.93. The highest BCUT2D eigenvalue weighted by molar-refractivity contribution is 5.80. The van der Waals surface area contributed by atoms with Gasteiger partial charge in [-0.25, -0.2) is 4.79 Å². The quantitative estimate of drug-likeness (QED) is 0.624. The highest BCUT2D eigenvalue weighted by atomic mass is 16.5. The molecule has 0 fully saturated rings. The number of aliphatic carboxylic acids is 1. The second kappa shape index (κ2) is 7.64. The van der Waals surface area contributed by atoms with E-state index in [9.17, 15) is 14.7 Å². The van der Waals surface area contributed by atoms with E-state index in [2.05, 4.69) is 5.32 Å². The van der Waals surface area contributed by atoms with Gasteiger partial charge in [-0.1, -0.05) is 17.7 Å². The van der Waals surface area contributed by atoms with Gasteiger partial charge in [0.2, 0.25) is 5.91 Å². The summed E-state index contributed by atoms with van der Waals surface area (Å²) in [7, 11) is 0. The summed E-state index contributed by atoms with van der Waals surface area (Å²) < 4.78 is 5.47. The van der Waals surface area contributed by atoms with E-state index in [0.717, 1.165) is 18.2 Å². The maximum Gasteiger partial charge on any atom is 0.337 e. The number of carbonyl (C=O) groups excluding carboxylic acids is 1. The standard InChI is InChI=1S/C15H21NO5/c1-11-5-7-12(8-6-11)21-9-3-4-13(17)16-10-15(2,20)14(18)19/h5-8,20H,3-4,9-10H2,1-2H3,(H,16,17)(H,18,19). The summed E-state index contributed by atoms with van der Waals surface area (Å²) >= 11 is 0. The molecular weight excluding hydrogens is 274 g/mol. The van der Waals surface area contributed by atoms with Crippen LogP contribution < -0.4 is 10.1 Å². The molecule has 3 N–H and O–H groups in total. The number of carbonyl (C=O) groups is 2. The zero-order chi connectivity index (χ0) is 15.9. The van der Waals surface area contributed by atoms with E-state index in [-0.39, 0.29) is 18.9 Å². The minimum Gasteiger partial charge on any atom is -0.494 e. The molecule has 0 aromatic heterocycles. The van der Waals surface area contributed by atoms with Crippen LogP contribution in [0.3, 0.4) is 0 Å². The third kappa shape index (κ3) is 6.27. The Balaban J connectivity index is 2.19. The number of rotatable bonds is 8. The number of nitrogens with one attached hydrogen (secondary N) is 1. The van der Waals surface area contributed by atoms with Crippen molar-refractivity contribution in [2.45, 2.75) is 32.3 Å². The number of carboxylic acids is 1. The van der Waals surface area contributed by atoms with Gasteiger partial charge >= 0.3 is 5.97 Å². The fourth-order valence-corrected chi connectivity index (χ4v) is 1.49. The second-order valence-corrected chi connectivity index (χ2v) is 5.12. The van der Waals surface area contributed by atoms with Crippen molar-refractivity contribution in [1.82, 2.24) is 5.32 Å². The van der Waals surface area contributed by atoms with Gasteiger partial charge in [-0.2, -0.15) is 0 Å². The van der Waals surface area contributed by atoms with Crippen LogP contribution in [0, 0.1) is 6.92 Å². The maximum atomic E-state index is 11.5. The first-order valence-corrected chi connectivity index (χ1v) is 6.73. The van der Waals surface area contributed by atoms with Crippen molar-refractivity contribution in [3.63, 3.8) is 0 Å². The van der Waals surface area contributed by atoms with Gasteiger partial charge in [0, 0.05) is 6.42 Å². The monoisotopic (exact) mass is 295 g/mol. The zero-order valence-electron chi connectivity index (χ0n) is 12.3. The van der Waals surface area contributed by atoms with Crippen LogP contribution in [-0.4, -0.2) is 40.8 Å². The number of carboxylic acid groups (broad SMARTS) is 1. The fraction of sp³-hybridized carbons (Fsp3) is 0.467. The summed E-state index contributed by atoms with van der Waals surface area (Å²) in [5.74, 6) is -0.940. The smallest absolute Gasteiger partial charge is 0.337 e. The molecule has 1 rings (SSSR count). The highest BCUT2D eigenvalue weighted by Gasteiger charge is 2.30. The Hall–Kier alpha value is -2.08. The van der Waals surface area contributed by atoms with Gasteiger partial charge in [0.25, 0.3) is 0 Å². The number of amides is 1. The second-order valence-electron chi connectivity index (χ2n) is 5.12. The molecule has 116 valence electrons. The number of aliphatic hydroxyl groups is 1. The van der Waals surface area contributed by atoms with Crippen molar-refractivity contribution in [3.05, 3.63) is 29.8 Å². The molecule has 0 radical (unpaired) electrons. The lowest BCUT2D eigenvalue weighted by atomic mass is 10.1. The summed E-state index contributed by atoms with van der Waals surface area (Å²) in [5.41, 5.74) is -0.805. The van der Waals surface area contributed by atoms with Crippen LogP contribution in [0.25, 0.3) is 0 Å². The van der Waals surface area contributed by atoms with Crippen LogP contribution in [0.15, 0.2) is 24.3 Å². The molecule has 0 aliphatic carbocycles. The highest BCUT2D eigenvalue weighted by Crippen LogP contribution is 2.11. The Bertz CT molecular complexity index is 481.